The second-order valence-electron chi connectivity index (χ2n) is 4.60. The predicted octanol–water partition coefficient (Wildman–Crippen LogP) is 1.25. The summed E-state index contributed by atoms with van der Waals surface area (Å²) in [5.41, 5.74) is 0.851. The highest BCUT2D eigenvalue weighted by Crippen LogP contribution is 2.32. The highest BCUT2D eigenvalue weighted by molar-refractivity contribution is 8.00. The minimum absolute atomic E-state index is 0.0644. The summed E-state index contributed by atoms with van der Waals surface area (Å²) in [5, 5.41) is 18.4. The van der Waals surface area contributed by atoms with Crippen LogP contribution < -0.4 is 5.32 Å². The van der Waals surface area contributed by atoms with E-state index in [-0.39, 0.29) is 11.4 Å². The van der Waals surface area contributed by atoms with Gasteiger partial charge >= 0.3 is 12.0 Å². The molecular formula is C12H18N4O3S. The first kappa shape index (κ1) is 14.7. The highest BCUT2D eigenvalue weighted by Gasteiger charge is 2.41. The third-order valence-electron chi connectivity index (χ3n) is 3.15. The van der Waals surface area contributed by atoms with Crippen LogP contribution in [0.2, 0.25) is 0 Å². The number of aliphatic carboxylic acids is 1. The van der Waals surface area contributed by atoms with Gasteiger partial charge in [0, 0.05) is 24.1 Å². The second kappa shape index (κ2) is 6.65. The fourth-order valence-corrected chi connectivity index (χ4v) is 3.65. The summed E-state index contributed by atoms with van der Waals surface area (Å²) in [6.45, 7) is 2.36. The minimum Gasteiger partial charge on any atom is -0.480 e. The maximum absolute atomic E-state index is 12.2. The Morgan fingerprint density at radius 1 is 1.65 bits per heavy atom. The van der Waals surface area contributed by atoms with Gasteiger partial charge in [-0.1, -0.05) is 13.3 Å². The molecule has 20 heavy (non-hydrogen) atoms. The number of aromatic amines is 1. The lowest BCUT2D eigenvalue weighted by Crippen LogP contribution is -2.49. The number of hydrogen-bond acceptors (Lipinski definition) is 4. The minimum atomic E-state index is -0.949. The summed E-state index contributed by atoms with van der Waals surface area (Å²) < 4.78 is 0. The standard InChI is InChI=1S/C12H18N4O3S/c1-2-3-10-16(9(7-20-10)11(17)18)12(19)13-4-8-5-14-15-6-8/h5-6,9-10H,2-4,7H2,1H3,(H,13,19)(H,14,15)(H,17,18). The number of amides is 2. The molecular weight excluding hydrogens is 280 g/mol. The predicted molar refractivity (Wildman–Crippen MR) is 75.2 cm³/mol. The molecule has 2 atom stereocenters. The van der Waals surface area contributed by atoms with Gasteiger partial charge in [0.1, 0.15) is 6.04 Å². The largest absolute Gasteiger partial charge is 0.480 e. The van der Waals surface area contributed by atoms with Crippen molar-refractivity contribution in [2.24, 2.45) is 0 Å². The zero-order chi connectivity index (χ0) is 14.5. The Balaban J connectivity index is 2.00. The van der Waals surface area contributed by atoms with E-state index in [2.05, 4.69) is 15.5 Å². The van der Waals surface area contributed by atoms with Crippen LogP contribution in [-0.2, 0) is 11.3 Å². The number of carbonyl (C=O) groups is 2. The summed E-state index contributed by atoms with van der Waals surface area (Å²) in [7, 11) is 0. The van der Waals surface area contributed by atoms with Gasteiger partial charge in [0.05, 0.1) is 11.6 Å². The van der Waals surface area contributed by atoms with Crippen molar-refractivity contribution in [3.63, 3.8) is 0 Å². The van der Waals surface area contributed by atoms with E-state index in [0.717, 1.165) is 18.4 Å². The van der Waals surface area contributed by atoms with Gasteiger partial charge in [-0.2, -0.15) is 5.10 Å². The van der Waals surface area contributed by atoms with E-state index in [1.54, 1.807) is 12.4 Å². The molecule has 2 heterocycles. The summed E-state index contributed by atoms with van der Waals surface area (Å²) in [6.07, 6.45) is 5.03. The van der Waals surface area contributed by atoms with E-state index in [4.69, 9.17) is 0 Å². The van der Waals surface area contributed by atoms with E-state index < -0.39 is 12.0 Å². The first-order valence-electron chi connectivity index (χ1n) is 6.51. The van der Waals surface area contributed by atoms with Crippen LogP contribution in [0.25, 0.3) is 0 Å². The van der Waals surface area contributed by atoms with Crippen molar-refractivity contribution in [2.45, 2.75) is 37.7 Å². The molecule has 8 heteroatoms. The molecule has 0 spiro atoms. The Kier molecular flexibility index (Phi) is 4.89. The molecule has 2 unspecified atom stereocenters. The van der Waals surface area contributed by atoms with Crippen molar-refractivity contribution >= 4 is 23.8 Å². The molecule has 1 aliphatic rings. The number of carboxylic acid groups (broad SMARTS) is 1. The van der Waals surface area contributed by atoms with Crippen molar-refractivity contribution in [2.75, 3.05) is 5.75 Å². The average molecular weight is 298 g/mol. The maximum Gasteiger partial charge on any atom is 0.327 e. The van der Waals surface area contributed by atoms with Gasteiger partial charge in [-0.25, -0.2) is 9.59 Å². The highest BCUT2D eigenvalue weighted by atomic mass is 32.2. The van der Waals surface area contributed by atoms with Crippen molar-refractivity contribution < 1.29 is 14.7 Å². The van der Waals surface area contributed by atoms with E-state index in [9.17, 15) is 14.7 Å². The summed E-state index contributed by atoms with van der Waals surface area (Å²) >= 11 is 1.53. The third-order valence-corrected chi connectivity index (χ3v) is 4.50. The maximum atomic E-state index is 12.2. The average Bonchev–Trinajstić information content (AvgIpc) is 3.05. The SMILES string of the molecule is CCCC1SCC(C(=O)O)N1C(=O)NCc1cn[nH]c1. The number of H-pyrrole nitrogens is 1. The van der Waals surface area contributed by atoms with E-state index in [0.29, 0.717) is 12.3 Å². The van der Waals surface area contributed by atoms with Crippen molar-refractivity contribution in [1.82, 2.24) is 20.4 Å². The first-order chi connectivity index (χ1) is 9.63. The van der Waals surface area contributed by atoms with Gasteiger partial charge in [0.25, 0.3) is 0 Å². The first-order valence-corrected chi connectivity index (χ1v) is 7.56. The number of thioether (sulfide) groups is 1. The summed E-state index contributed by atoms with van der Waals surface area (Å²) in [4.78, 5) is 25.0. The Labute approximate surface area is 121 Å². The molecule has 2 rings (SSSR count). The van der Waals surface area contributed by atoms with Crippen LogP contribution in [0.1, 0.15) is 25.3 Å². The number of nitrogens with zero attached hydrogens (tertiary/aromatic N) is 2. The second-order valence-corrected chi connectivity index (χ2v) is 5.81. The van der Waals surface area contributed by atoms with Gasteiger partial charge in [-0.3, -0.25) is 10.00 Å². The molecule has 0 aromatic carbocycles. The fraction of sp³-hybridized carbons (Fsp3) is 0.583. The van der Waals surface area contributed by atoms with Gasteiger partial charge < -0.3 is 10.4 Å². The lowest BCUT2D eigenvalue weighted by molar-refractivity contribution is -0.141. The molecule has 1 fully saturated rings. The van der Waals surface area contributed by atoms with E-state index in [1.807, 2.05) is 6.92 Å². The van der Waals surface area contributed by atoms with Gasteiger partial charge in [-0.15, -0.1) is 11.8 Å². The molecule has 1 aromatic rings. The number of rotatable bonds is 5. The van der Waals surface area contributed by atoms with Gasteiger partial charge in [-0.05, 0) is 6.42 Å². The summed E-state index contributed by atoms with van der Waals surface area (Å²) in [5.74, 6) is -0.506. The Morgan fingerprint density at radius 3 is 3.05 bits per heavy atom. The van der Waals surface area contributed by atoms with Gasteiger partial charge in [0.15, 0.2) is 0 Å². The molecule has 2 amide bonds. The van der Waals surface area contributed by atoms with Crippen molar-refractivity contribution in [1.29, 1.82) is 0 Å². The topological polar surface area (TPSA) is 98.3 Å². The number of nitrogens with one attached hydrogen (secondary N) is 2. The molecule has 0 saturated carbocycles. The lowest BCUT2D eigenvalue weighted by atomic mass is 10.2. The van der Waals surface area contributed by atoms with Crippen molar-refractivity contribution in [3.05, 3.63) is 18.0 Å². The number of aromatic nitrogens is 2. The third kappa shape index (κ3) is 3.24. The molecule has 1 saturated heterocycles. The van der Waals surface area contributed by atoms with Crippen LogP contribution in [0.5, 0.6) is 0 Å². The Hall–Kier alpha value is -1.70. The van der Waals surface area contributed by atoms with Crippen LogP contribution in [0, 0.1) is 0 Å². The number of carbonyl (C=O) groups excluding carboxylic acids is 1. The smallest absolute Gasteiger partial charge is 0.327 e. The zero-order valence-corrected chi connectivity index (χ0v) is 12.0. The van der Waals surface area contributed by atoms with Crippen LogP contribution >= 0.6 is 11.8 Å². The van der Waals surface area contributed by atoms with Gasteiger partial charge in [0.2, 0.25) is 0 Å². The Morgan fingerprint density at radius 2 is 2.45 bits per heavy atom. The lowest BCUT2D eigenvalue weighted by Gasteiger charge is -2.27. The van der Waals surface area contributed by atoms with Crippen LogP contribution in [0.3, 0.4) is 0 Å². The molecule has 3 N–H and O–H groups in total. The molecule has 1 aromatic heterocycles. The zero-order valence-electron chi connectivity index (χ0n) is 11.2. The molecule has 0 bridgehead atoms. The Bertz CT molecular complexity index is 465. The normalized spacial score (nSPS) is 21.9. The van der Waals surface area contributed by atoms with Crippen LogP contribution in [0.15, 0.2) is 12.4 Å². The van der Waals surface area contributed by atoms with Crippen LogP contribution in [-0.4, -0.2) is 49.4 Å². The summed E-state index contributed by atoms with van der Waals surface area (Å²) in [6, 6.07) is -1.08. The monoisotopic (exact) mass is 298 g/mol. The molecule has 0 aliphatic carbocycles. The number of urea groups is 1. The quantitative estimate of drug-likeness (QED) is 0.760. The molecule has 1 aliphatic heterocycles. The van der Waals surface area contributed by atoms with E-state index in [1.165, 1.54) is 16.7 Å². The van der Waals surface area contributed by atoms with Crippen molar-refractivity contribution in [3.8, 4) is 0 Å². The molecule has 7 nitrogen and oxygen atoms in total. The molecule has 0 radical (unpaired) electrons. The molecule has 110 valence electrons. The number of hydrogen-bond donors (Lipinski definition) is 3. The number of carboxylic acids is 1. The van der Waals surface area contributed by atoms with Crippen LogP contribution in [0.4, 0.5) is 4.79 Å². The fourth-order valence-electron chi connectivity index (χ4n) is 2.14. The van der Waals surface area contributed by atoms with E-state index >= 15 is 0 Å².